The summed E-state index contributed by atoms with van der Waals surface area (Å²) in [5.41, 5.74) is 0.523. The molecule has 6 nitrogen and oxygen atoms in total. The maximum absolute atomic E-state index is 12.1. The summed E-state index contributed by atoms with van der Waals surface area (Å²) >= 11 is 1.47. The Balaban J connectivity index is 2.05. The number of esters is 1. The average molecular weight is 379 g/mol. The number of carbonyl (C=O) groups excluding carboxylic acids is 2. The second-order valence-corrected chi connectivity index (χ2v) is 7.93. The zero-order valence-corrected chi connectivity index (χ0v) is 15.3. The van der Waals surface area contributed by atoms with Crippen LogP contribution < -0.4 is 5.32 Å². The van der Waals surface area contributed by atoms with Crippen LogP contribution in [-0.2, 0) is 19.4 Å². The van der Waals surface area contributed by atoms with Gasteiger partial charge in [-0.2, -0.15) is 0 Å². The average Bonchev–Trinajstić information content (AvgIpc) is 2.59. The van der Waals surface area contributed by atoms with E-state index in [1.165, 1.54) is 36.0 Å². The van der Waals surface area contributed by atoms with Crippen molar-refractivity contribution in [2.75, 3.05) is 24.4 Å². The van der Waals surface area contributed by atoms with Crippen LogP contribution in [0.25, 0.3) is 0 Å². The minimum absolute atomic E-state index is 0.0951. The number of benzene rings is 2. The van der Waals surface area contributed by atoms with E-state index in [0.29, 0.717) is 5.69 Å². The largest absolute Gasteiger partial charge is 0.452 e. The van der Waals surface area contributed by atoms with Gasteiger partial charge in [0.15, 0.2) is 16.4 Å². The van der Waals surface area contributed by atoms with Crippen molar-refractivity contribution in [3.63, 3.8) is 0 Å². The van der Waals surface area contributed by atoms with Gasteiger partial charge in [-0.25, -0.2) is 13.2 Å². The van der Waals surface area contributed by atoms with Crippen molar-refractivity contribution in [2.24, 2.45) is 0 Å². The van der Waals surface area contributed by atoms with Crippen LogP contribution in [0.3, 0.4) is 0 Å². The molecule has 0 aliphatic carbocycles. The molecule has 0 aliphatic rings. The van der Waals surface area contributed by atoms with Gasteiger partial charge in [-0.3, -0.25) is 4.79 Å². The Morgan fingerprint density at radius 1 is 1.08 bits per heavy atom. The van der Waals surface area contributed by atoms with E-state index >= 15 is 0 Å². The fraction of sp³-hybridized carbons (Fsp3) is 0.176. The lowest BCUT2D eigenvalue weighted by Crippen LogP contribution is -2.22. The van der Waals surface area contributed by atoms with Crippen LogP contribution in [0.5, 0.6) is 0 Å². The first kappa shape index (κ1) is 19.0. The highest BCUT2D eigenvalue weighted by atomic mass is 32.2. The highest BCUT2D eigenvalue weighted by molar-refractivity contribution is 7.98. The molecule has 0 saturated carbocycles. The van der Waals surface area contributed by atoms with Gasteiger partial charge in [0.25, 0.3) is 5.91 Å². The van der Waals surface area contributed by atoms with Crippen LogP contribution in [0, 0.1) is 0 Å². The van der Waals surface area contributed by atoms with Crippen molar-refractivity contribution >= 4 is 39.2 Å². The number of hydrogen-bond acceptors (Lipinski definition) is 6. The summed E-state index contributed by atoms with van der Waals surface area (Å²) in [6.07, 6.45) is 2.89. The number of ether oxygens (including phenoxy) is 1. The number of hydrogen-bond donors (Lipinski definition) is 1. The molecule has 0 heterocycles. The van der Waals surface area contributed by atoms with Gasteiger partial charge < -0.3 is 10.1 Å². The first-order valence-corrected chi connectivity index (χ1v) is 10.3. The van der Waals surface area contributed by atoms with Crippen LogP contribution in [0.15, 0.2) is 58.3 Å². The van der Waals surface area contributed by atoms with E-state index in [2.05, 4.69) is 5.32 Å². The van der Waals surface area contributed by atoms with E-state index in [1.807, 2.05) is 18.4 Å². The summed E-state index contributed by atoms with van der Waals surface area (Å²) in [4.78, 5) is 24.9. The quantitative estimate of drug-likeness (QED) is 0.613. The van der Waals surface area contributed by atoms with E-state index in [-0.39, 0.29) is 10.5 Å². The van der Waals surface area contributed by atoms with Gasteiger partial charge in [0, 0.05) is 11.2 Å². The lowest BCUT2D eigenvalue weighted by atomic mass is 10.2. The van der Waals surface area contributed by atoms with Crippen LogP contribution in [-0.4, -0.2) is 39.4 Å². The fourth-order valence-corrected chi connectivity index (χ4v) is 3.53. The number of anilines is 1. The fourth-order valence-electron chi connectivity index (χ4n) is 2.10. The summed E-state index contributed by atoms with van der Waals surface area (Å²) < 4.78 is 28.4. The zero-order valence-electron chi connectivity index (χ0n) is 13.7. The molecule has 0 bridgehead atoms. The molecule has 8 heteroatoms. The number of amides is 1. The number of para-hydroxylation sites is 1. The first-order valence-electron chi connectivity index (χ1n) is 7.22. The normalized spacial score (nSPS) is 11.0. The molecule has 2 rings (SSSR count). The second kappa shape index (κ2) is 8.17. The summed E-state index contributed by atoms with van der Waals surface area (Å²) in [6.45, 7) is -0.514. The van der Waals surface area contributed by atoms with Crippen molar-refractivity contribution in [1.82, 2.24) is 0 Å². The molecule has 0 aromatic heterocycles. The van der Waals surface area contributed by atoms with Crippen molar-refractivity contribution in [3.05, 3.63) is 54.1 Å². The lowest BCUT2D eigenvalue weighted by Gasteiger charge is -2.10. The maximum Gasteiger partial charge on any atom is 0.339 e. The van der Waals surface area contributed by atoms with Gasteiger partial charge in [0.2, 0.25) is 0 Å². The minimum atomic E-state index is -3.58. The van der Waals surface area contributed by atoms with Gasteiger partial charge in [-0.15, -0.1) is 11.8 Å². The number of sulfone groups is 1. The molecule has 25 heavy (non-hydrogen) atoms. The van der Waals surface area contributed by atoms with Crippen molar-refractivity contribution < 1.29 is 22.7 Å². The summed E-state index contributed by atoms with van der Waals surface area (Å²) in [7, 11) is -3.58. The third-order valence-electron chi connectivity index (χ3n) is 3.22. The van der Waals surface area contributed by atoms with E-state index in [9.17, 15) is 18.0 Å². The van der Waals surface area contributed by atoms with E-state index < -0.39 is 28.3 Å². The highest BCUT2D eigenvalue weighted by Crippen LogP contribution is 2.24. The Morgan fingerprint density at radius 2 is 1.72 bits per heavy atom. The van der Waals surface area contributed by atoms with E-state index in [4.69, 9.17) is 4.74 Å². The Bertz CT molecular complexity index is 893. The number of nitrogens with one attached hydrogen (secondary N) is 1. The predicted octanol–water partition coefficient (Wildman–Crippen LogP) is 2.61. The van der Waals surface area contributed by atoms with Gasteiger partial charge in [0.1, 0.15) is 0 Å². The standard InChI is InChI=1S/C17H17NO5S2/c1-24-14-9-5-4-8-13(14)18-16(19)11-23-17(20)12-7-3-6-10-15(12)25(2,21)22/h3-10H,11H2,1-2H3,(H,18,19). The number of thioether (sulfide) groups is 1. The Hall–Kier alpha value is -2.32. The molecule has 0 radical (unpaired) electrons. The molecule has 0 atom stereocenters. The molecule has 132 valence electrons. The Kier molecular flexibility index (Phi) is 6.22. The van der Waals surface area contributed by atoms with Crippen LogP contribution in [0.2, 0.25) is 0 Å². The molecule has 0 spiro atoms. The molecular formula is C17H17NO5S2. The summed E-state index contributed by atoms with van der Waals surface area (Å²) in [6, 6.07) is 12.9. The summed E-state index contributed by atoms with van der Waals surface area (Å²) in [5.74, 6) is -1.37. The van der Waals surface area contributed by atoms with Crippen LogP contribution in [0.4, 0.5) is 5.69 Å². The van der Waals surface area contributed by atoms with Crippen LogP contribution in [0.1, 0.15) is 10.4 Å². The van der Waals surface area contributed by atoms with Gasteiger partial charge in [-0.05, 0) is 30.5 Å². The third kappa shape index (κ3) is 5.07. The number of rotatable bonds is 6. The molecule has 0 unspecified atom stereocenters. The molecule has 1 N–H and O–H groups in total. The Morgan fingerprint density at radius 3 is 2.40 bits per heavy atom. The predicted molar refractivity (Wildman–Crippen MR) is 96.7 cm³/mol. The topological polar surface area (TPSA) is 89.5 Å². The molecule has 1 amide bonds. The number of carbonyl (C=O) groups is 2. The molecular weight excluding hydrogens is 362 g/mol. The van der Waals surface area contributed by atoms with Gasteiger partial charge in [-0.1, -0.05) is 24.3 Å². The summed E-state index contributed by atoms with van der Waals surface area (Å²) in [5, 5.41) is 2.66. The maximum atomic E-state index is 12.1. The third-order valence-corrected chi connectivity index (χ3v) is 5.17. The van der Waals surface area contributed by atoms with Gasteiger partial charge >= 0.3 is 5.97 Å². The van der Waals surface area contributed by atoms with E-state index in [0.717, 1.165) is 11.2 Å². The monoisotopic (exact) mass is 379 g/mol. The van der Waals surface area contributed by atoms with Crippen molar-refractivity contribution in [3.8, 4) is 0 Å². The van der Waals surface area contributed by atoms with Crippen molar-refractivity contribution in [2.45, 2.75) is 9.79 Å². The SMILES string of the molecule is CSc1ccccc1NC(=O)COC(=O)c1ccccc1S(C)(=O)=O. The zero-order chi connectivity index (χ0) is 18.4. The Labute approximate surface area is 150 Å². The van der Waals surface area contributed by atoms with E-state index in [1.54, 1.807) is 12.1 Å². The van der Waals surface area contributed by atoms with Crippen molar-refractivity contribution in [1.29, 1.82) is 0 Å². The first-order chi connectivity index (χ1) is 11.8. The van der Waals surface area contributed by atoms with Gasteiger partial charge in [0.05, 0.1) is 16.1 Å². The second-order valence-electron chi connectivity index (χ2n) is 5.09. The smallest absolute Gasteiger partial charge is 0.339 e. The molecule has 0 saturated heterocycles. The molecule has 0 aliphatic heterocycles. The molecule has 0 fully saturated rings. The highest BCUT2D eigenvalue weighted by Gasteiger charge is 2.20. The van der Waals surface area contributed by atoms with Crippen LogP contribution >= 0.6 is 11.8 Å². The molecule has 2 aromatic rings. The minimum Gasteiger partial charge on any atom is -0.452 e. The molecule has 2 aromatic carbocycles. The lowest BCUT2D eigenvalue weighted by molar-refractivity contribution is -0.119.